The van der Waals surface area contributed by atoms with Gasteiger partial charge in [0.25, 0.3) is 0 Å². The van der Waals surface area contributed by atoms with Gasteiger partial charge in [0.15, 0.2) is 0 Å². The zero-order valence-corrected chi connectivity index (χ0v) is 12.5. The lowest BCUT2D eigenvalue weighted by atomic mass is 10.3. The monoisotopic (exact) mass is 317 g/mol. The third kappa shape index (κ3) is 3.33. The number of nitrogens with one attached hydrogen (secondary N) is 1. The quantitative estimate of drug-likeness (QED) is 0.939. The van der Waals surface area contributed by atoms with Crippen molar-refractivity contribution >= 4 is 17.7 Å². The molecule has 7 heteroatoms. The zero-order chi connectivity index (χ0) is 16.4. The molecule has 0 aliphatic carbocycles. The lowest BCUT2D eigenvalue weighted by Gasteiger charge is -2.10. The first-order chi connectivity index (χ1) is 11.0. The minimum absolute atomic E-state index is 0.165. The Kier molecular flexibility index (Phi) is 4.01. The first kappa shape index (κ1) is 15.1. The van der Waals surface area contributed by atoms with E-state index in [0.29, 0.717) is 12.2 Å². The standard InChI is InChI=1S/C16H16FN3O3/c1-11(21)18-8-15-10-20(16(22)23-15)14-6-7-19(9-14)13-4-2-12(17)3-5-13/h2-7,9,15H,8,10H2,1H3,(H,18,21)/t15-/m0/s1. The third-order valence-electron chi connectivity index (χ3n) is 3.57. The van der Waals surface area contributed by atoms with Gasteiger partial charge in [-0.15, -0.1) is 0 Å². The van der Waals surface area contributed by atoms with E-state index in [9.17, 15) is 14.0 Å². The number of hydrogen-bond donors (Lipinski definition) is 1. The summed E-state index contributed by atoms with van der Waals surface area (Å²) in [6.07, 6.45) is 2.74. The van der Waals surface area contributed by atoms with Crippen LogP contribution in [0.1, 0.15) is 6.92 Å². The van der Waals surface area contributed by atoms with Gasteiger partial charge in [-0.05, 0) is 30.3 Å². The lowest BCUT2D eigenvalue weighted by molar-refractivity contribution is -0.119. The smallest absolute Gasteiger partial charge is 0.414 e. The van der Waals surface area contributed by atoms with Gasteiger partial charge in [0.2, 0.25) is 5.91 Å². The Bertz CT molecular complexity index is 726. The number of benzene rings is 1. The van der Waals surface area contributed by atoms with E-state index in [1.165, 1.54) is 24.0 Å². The number of amides is 2. The molecule has 1 atom stereocenters. The SMILES string of the molecule is CC(=O)NC[C@H]1CN(c2ccn(-c3ccc(F)cc3)c2)C(=O)O1. The molecule has 1 aliphatic rings. The molecule has 120 valence electrons. The second-order valence-corrected chi connectivity index (χ2v) is 5.31. The molecule has 1 fully saturated rings. The maximum atomic E-state index is 13.0. The summed E-state index contributed by atoms with van der Waals surface area (Å²) in [5.74, 6) is -0.466. The average molecular weight is 317 g/mol. The molecule has 23 heavy (non-hydrogen) atoms. The molecule has 0 radical (unpaired) electrons. The molecule has 0 bridgehead atoms. The number of carbonyl (C=O) groups excluding carboxylic acids is 2. The normalized spacial score (nSPS) is 17.2. The number of nitrogens with zero attached hydrogens (tertiary/aromatic N) is 2. The third-order valence-corrected chi connectivity index (χ3v) is 3.57. The number of rotatable bonds is 4. The molecule has 6 nitrogen and oxygen atoms in total. The second kappa shape index (κ2) is 6.12. The van der Waals surface area contributed by atoms with Gasteiger partial charge in [0.05, 0.1) is 18.8 Å². The number of hydrogen-bond acceptors (Lipinski definition) is 3. The van der Waals surface area contributed by atoms with Crippen LogP contribution in [0, 0.1) is 5.82 Å². The minimum Gasteiger partial charge on any atom is -0.442 e. The highest BCUT2D eigenvalue weighted by Crippen LogP contribution is 2.23. The van der Waals surface area contributed by atoms with Crippen LogP contribution in [-0.2, 0) is 9.53 Å². The summed E-state index contributed by atoms with van der Waals surface area (Å²) in [4.78, 5) is 24.4. The second-order valence-electron chi connectivity index (χ2n) is 5.31. The van der Waals surface area contributed by atoms with E-state index in [4.69, 9.17) is 4.74 Å². The molecule has 2 aromatic rings. The van der Waals surface area contributed by atoms with E-state index in [-0.39, 0.29) is 24.4 Å². The summed E-state index contributed by atoms with van der Waals surface area (Å²) in [7, 11) is 0. The Morgan fingerprint density at radius 2 is 2.04 bits per heavy atom. The number of anilines is 1. The maximum absolute atomic E-state index is 13.0. The van der Waals surface area contributed by atoms with Crippen LogP contribution in [0.3, 0.4) is 0 Å². The van der Waals surface area contributed by atoms with Gasteiger partial charge in [0.1, 0.15) is 11.9 Å². The lowest BCUT2D eigenvalue weighted by Crippen LogP contribution is -2.33. The molecule has 0 unspecified atom stereocenters. The van der Waals surface area contributed by atoms with Gasteiger partial charge in [-0.3, -0.25) is 9.69 Å². The molecule has 0 spiro atoms. The largest absolute Gasteiger partial charge is 0.442 e. The molecule has 1 N–H and O–H groups in total. The van der Waals surface area contributed by atoms with Gasteiger partial charge < -0.3 is 14.6 Å². The van der Waals surface area contributed by atoms with Crippen molar-refractivity contribution in [3.05, 3.63) is 48.5 Å². The molecule has 3 rings (SSSR count). The molecule has 0 saturated carbocycles. The summed E-state index contributed by atoms with van der Waals surface area (Å²) >= 11 is 0. The highest BCUT2D eigenvalue weighted by atomic mass is 19.1. The molecule has 2 amide bonds. The average Bonchev–Trinajstić information content (AvgIpc) is 3.12. The molecule has 1 aliphatic heterocycles. The topological polar surface area (TPSA) is 63.6 Å². The molecular formula is C16H16FN3O3. The van der Waals surface area contributed by atoms with Crippen molar-refractivity contribution in [1.82, 2.24) is 9.88 Å². The van der Waals surface area contributed by atoms with Gasteiger partial charge in [-0.25, -0.2) is 9.18 Å². The zero-order valence-electron chi connectivity index (χ0n) is 12.5. The Balaban J connectivity index is 1.71. The van der Waals surface area contributed by atoms with Crippen LogP contribution >= 0.6 is 0 Å². The minimum atomic E-state index is -0.447. The number of ether oxygens (including phenoxy) is 1. The van der Waals surface area contributed by atoms with E-state index in [2.05, 4.69) is 5.32 Å². The van der Waals surface area contributed by atoms with E-state index >= 15 is 0 Å². The van der Waals surface area contributed by atoms with E-state index in [0.717, 1.165) is 5.69 Å². The van der Waals surface area contributed by atoms with Gasteiger partial charge in [-0.2, -0.15) is 0 Å². The summed E-state index contributed by atoms with van der Waals surface area (Å²) in [6.45, 7) is 2.07. The summed E-state index contributed by atoms with van der Waals surface area (Å²) in [5, 5.41) is 2.63. The fraction of sp³-hybridized carbons (Fsp3) is 0.250. The maximum Gasteiger partial charge on any atom is 0.414 e. The van der Waals surface area contributed by atoms with Gasteiger partial charge in [0, 0.05) is 25.0 Å². The van der Waals surface area contributed by atoms with Gasteiger partial charge >= 0.3 is 6.09 Å². The van der Waals surface area contributed by atoms with Crippen molar-refractivity contribution in [3.8, 4) is 5.69 Å². The Morgan fingerprint density at radius 1 is 1.30 bits per heavy atom. The Labute approximate surface area is 132 Å². The highest BCUT2D eigenvalue weighted by molar-refractivity contribution is 5.89. The van der Waals surface area contributed by atoms with Crippen LogP contribution in [0.5, 0.6) is 0 Å². The number of halogens is 1. The molecule has 1 saturated heterocycles. The predicted molar refractivity (Wildman–Crippen MR) is 82.0 cm³/mol. The first-order valence-electron chi connectivity index (χ1n) is 7.19. The van der Waals surface area contributed by atoms with E-state index in [1.807, 2.05) is 0 Å². The number of carbonyl (C=O) groups is 2. The van der Waals surface area contributed by atoms with Crippen molar-refractivity contribution in [2.75, 3.05) is 18.0 Å². The van der Waals surface area contributed by atoms with E-state index in [1.54, 1.807) is 35.2 Å². The Morgan fingerprint density at radius 3 is 2.74 bits per heavy atom. The molecule has 1 aromatic carbocycles. The highest BCUT2D eigenvalue weighted by Gasteiger charge is 2.32. The van der Waals surface area contributed by atoms with Crippen molar-refractivity contribution < 1.29 is 18.7 Å². The predicted octanol–water partition coefficient (Wildman–Crippen LogP) is 2.08. The number of aromatic nitrogens is 1. The van der Waals surface area contributed by atoms with Crippen LogP contribution in [0.15, 0.2) is 42.7 Å². The Hall–Kier alpha value is -2.83. The first-order valence-corrected chi connectivity index (χ1v) is 7.19. The van der Waals surface area contributed by atoms with Crippen LogP contribution in [-0.4, -0.2) is 35.8 Å². The van der Waals surface area contributed by atoms with Crippen molar-refractivity contribution in [2.45, 2.75) is 13.0 Å². The molecule has 1 aromatic heterocycles. The fourth-order valence-electron chi connectivity index (χ4n) is 2.41. The van der Waals surface area contributed by atoms with E-state index < -0.39 is 6.09 Å². The van der Waals surface area contributed by atoms with Crippen molar-refractivity contribution in [3.63, 3.8) is 0 Å². The summed E-state index contributed by atoms with van der Waals surface area (Å²) < 4.78 is 20.0. The van der Waals surface area contributed by atoms with Crippen LogP contribution in [0.2, 0.25) is 0 Å². The van der Waals surface area contributed by atoms with Crippen molar-refractivity contribution in [2.24, 2.45) is 0 Å². The fourth-order valence-corrected chi connectivity index (χ4v) is 2.41. The molecule has 2 heterocycles. The summed E-state index contributed by atoms with van der Waals surface area (Å²) in [6, 6.07) is 7.85. The van der Waals surface area contributed by atoms with Crippen molar-refractivity contribution in [1.29, 1.82) is 0 Å². The molecular weight excluding hydrogens is 301 g/mol. The number of cyclic esters (lactones) is 1. The van der Waals surface area contributed by atoms with Crippen LogP contribution in [0.4, 0.5) is 14.9 Å². The van der Waals surface area contributed by atoms with Crippen LogP contribution in [0.25, 0.3) is 5.69 Å². The van der Waals surface area contributed by atoms with Crippen LogP contribution < -0.4 is 10.2 Å². The van der Waals surface area contributed by atoms with Gasteiger partial charge in [-0.1, -0.05) is 0 Å². The summed E-state index contributed by atoms with van der Waals surface area (Å²) in [5.41, 5.74) is 1.48.